The molecule has 2 aliphatic heterocycles. The van der Waals surface area contributed by atoms with Crippen LogP contribution in [0.1, 0.15) is 34.7 Å². The number of para-hydroxylation sites is 1. The molecule has 2 aromatic heterocycles. The van der Waals surface area contributed by atoms with Crippen molar-refractivity contribution in [3.05, 3.63) is 83.6 Å². The number of pyridine rings is 1. The molecule has 0 radical (unpaired) electrons. The van der Waals surface area contributed by atoms with Gasteiger partial charge in [0, 0.05) is 30.4 Å². The van der Waals surface area contributed by atoms with Crippen LogP contribution in [0, 0.1) is 12.8 Å². The van der Waals surface area contributed by atoms with Gasteiger partial charge in [-0.3, -0.25) is 9.78 Å². The third-order valence-electron chi connectivity index (χ3n) is 5.81. The molecule has 0 bridgehead atoms. The predicted molar refractivity (Wildman–Crippen MR) is 105 cm³/mol. The van der Waals surface area contributed by atoms with E-state index in [4.69, 9.17) is 4.42 Å². The molecular weight excluding hydrogens is 368 g/mol. The van der Waals surface area contributed by atoms with Gasteiger partial charge in [0.25, 0.3) is 0 Å². The lowest BCUT2D eigenvalue weighted by Crippen LogP contribution is -2.41. The summed E-state index contributed by atoms with van der Waals surface area (Å²) in [4.78, 5) is 19.4. The van der Waals surface area contributed by atoms with Crippen molar-refractivity contribution < 1.29 is 14.3 Å². The van der Waals surface area contributed by atoms with Crippen molar-refractivity contribution in [2.45, 2.75) is 31.6 Å². The van der Waals surface area contributed by atoms with Crippen molar-refractivity contribution in [1.29, 1.82) is 0 Å². The van der Waals surface area contributed by atoms with Crippen molar-refractivity contribution in [2.24, 2.45) is 5.92 Å². The number of carbonyl (C=O) groups is 1. The van der Waals surface area contributed by atoms with Crippen LogP contribution in [0.4, 0.5) is 0 Å². The molecule has 7 heteroatoms. The van der Waals surface area contributed by atoms with E-state index in [0.717, 1.165) is 22.6 Å². The van der Waals surface area contributed by atoms with E-state index in [1.807, 2.05) is 48.2 Å². The van der Waals surface area contributed by atoms with Gasteiger partial charge in [0.1, 0.15) is 23.3 Å². The number of hydrazine groups is 1. The zero-order valence-corrected chi connectivity index (χ0v) is 15.9. The highest BCUT2D eigenvalue weighted by Crippen LogP contribution is 2.49. The number of hydrogen-bond donors (Lipinski definition) is 3. The van der Waals surface area contributed by atoms with Crippen molar-refractivity contribution in [1.82, 2.24) is 20.7 Å². The fraction of sp³-hybridized carbons (Fsp3) is 0.273. The standard InChI is InChI=1S/C22H22N4O3/c1-13-8-9-17(29-13)21-18-19(15-6-2-3-7-16(15)27)24-25-20(18)22(28)26(21)12-14-5-4-10-23-11-14/h2-11,18-21,24-25,27H,12H2,1H3. The number of furan rings is 1. The van der Waals surface area contributed by atoms with Crippen molar-refractivity contribution in [3.63, 3.8) is 0 Å². The molecule has 1 amide bonds. The number of benzene rings is 1. The second-order valence-electron chi connectivity index (χ2n) is 7.60. The molecule has 5 rings (SSSR count). The minimum absolute atomic E-state index is 0.00308. The maximum Gasteiger partial charge on any atom is 0.242 e. The Morgan fingerprint density at radius 2 is 1.93 bits per heavy atom. The third kappa shape index (κ3) is 2.99. The Bertz CT molecular complexity index is 1040. The number of nitrogens with one attached hydrogen (secondary N) is 2. The fourth-order valence-electron chi connectivity index (χ4n) is 4.53. The topological polar surface area (TPSA) is 90.6 Å². The number of rotatable bonds is 4. The number of nitrogens with zero attached hydrogens (tertiary/aromatic N) is 2. The summed E-state index contributed by atoms with van der Waals surface area (Å²) in [6.07, 6.45) is 3.50. The van der Waals surface area contributed by atoms with Gasteiger partial charge in [-0.05, 0) is 36.8 Å². The van der Waals surface area contributed by atoms with E-state index in [-0.39, 0.29) is 29.7 Å². The SMILES string of the molecule is Cc1ccc(C2C3C(NNC3c3ccccc3O)C(=O)N2Cc2cccnc2)o1. The number of phenolic OH excluding ortho intramolecular Hbond substituents is 1. The molecule has 4 heterocycles. The molecule has 148 valence electrons. The van der Waals surface area contributed by atoms with E-state index < -0.39 is 6.04 Å². The number of carbonyl (C=O) groups excluding carboxylic acids is 1. The first kappa shape index (κ1) is 17.9. The van der Waals surface area contributed by atoms with E-state index in [9.17, 15) is 9.90 Å². The summed E-state index contributed by atoms with van der Waals surface area (Å²) in [7, 11) is 0. The highest BCUT2D eigenvalue weighted by molar-refractivity contribution is 5.86. The van der Waals surface area contributed by atoms with Crippen LogP contribution in [0.5, 0.6) is 5.75 Å². The molecule has 4 unspecified atom stereocenters. The number of fused-ring (bicyclic) bond motifs is 1. The maximum absolute atomic E-state index is 13.3. The van der Waals surface area contributed by atoms with Gasteiger partial charge < -0.3 is 14.4 Å². The number of phenols is 1. The van der Waals surface area contributed by atoms with E-state index >= 15 is 0 Å². The van der Waals surface area contributed by atoms with Gasteiger partial charge in [-0.15, -0.1) is 0 Å². The second-order valence-corrected chi connectivity index (χ2v) is 7.60. The van der Waals surface area contributed by atoms with Crippen LogP contribution < -0.4 is 10.9 Å². The molecule has 1 aromatic carbocycles. The van der Waals surface area contributed by atoms with Gasteiger partial charge in [-0.1, -0.05) is 24.3 Å². The average molecular weight is 390 g/mol. The largest absolute Gasteiger partial charge is 0.508 e. The molecule has 2 saturated heterocycles. The maximum atomic E-state index is 13.3. The van der Waals surface area contributed by atoms with E-state index in [1.54, 1.807) is 24.5 Å². The highest BCUT2D eigenvalue weighted by atomic mass is 16.3. The van der Waals surface area contributed by atoms with Crippen LogP contribution in [0.3, 0.4) is 0 Å². The van der Waals surface area contributed by atoms with Crippen LogP contribution in [-0.4, -0.2) is 26.9 Å². The van der Waals surface area contributed by atoms with E-state index in [2.05, 4.69) is 15.8 Å². The minimum atomic E-state index is -0.410. The first-order valence-electron chi connectivity index (χ1n) is 9.68. The molecule has 7 nitrogen and oxygen atoms in total. The van der Waals surface area contributed by atoms with Gasteiger partial charge in [-0.25, -0.2) is 10.9 Å². The molecule has 0 spiro atoms. The van der Waals surface area contributed by atoms with Crippen molar-refractivity contribution in [3.8, 4) is 5.75 Å². The zero-order chi connectivity index (χ0) is 20.0. The molecule has 4 atom stereocenters. The normalized spacial score (nSPS) is 26.1. The molecule has 3 aromatic rings. The molecule has 0 saturated carbocycles. The first-order chi connectivity index (χ1) is 14.1. The number of aryl methyl sites for hydroxylation is 1. The minimum Gasteiger partial charge on any atom is -0.508 e. The Morgan fingerprint density at radius 1 is 1.10 bits per heavy atom. The Labute approximate surface area is 168 Å². The summed E-state index contributed by atoms with van der Waals surface area (Å²) in [6.45, 7) is 2.34. The number of likely N-dealkylation sites (tertiary alicyclic amines) is 1. The molecule has 2 aliphatic rings. The van der Waals surface area contributed by atoms with Gasteiger partial charge in [0.05, 0.1) is 12.1 Å². The number of amides is 1. The lowest BCUT2D eigenvalue weighted by atomic mass is 9.85. The van der Waals surface area contributed by atoms with Gasteiger partial charge in [0.15, 0.2) is 0 Å². The Hall–Kier alpha value is -3.16. The molecule has 2 fully saturated rings. The zero-order valence-electron chi connectivity index (χ0n) is 15.9. The molecular formula is C22H22N4O3. The van der Waals surface area contributed by atoms with Crippen LogP contribution in [0.2, 0.25) is 0 Å². The highest BCUT2D eigenvalue weighted by Gasteiger charge is 2.56. The van der Waals surface area contributed by atoms with Crippen LogP contribution in [0.15, 0.2) is 65.3 Å². The lowest BCUT2D eigenvalue weighted by Gasteiger charge is -2.29. The molecule has 29 heavy (non-hydrogen) atoms. The third-order valence-corrected chi connectivity index (χ3v) is 5.81. The summed E-state index contributed by atoms with van der Waals surface area (Å²) in [5.74, 6) is 1.62. The fourth-order valence-corrected chi connectivity index (χ4v) is 4.53. The summed E-state index contributed by atoms with van der Waals surface area (Å²) in [5, 5.41) is 10.4. The Balaban J connectivity index is 1.57. The monoisotopic (exact) mass is 390 g/mol. The Morgan fingerprint density at radius 3 is 2.66 bits per heavy atom. The summed E-state index contributed by atoms with van der Waals surface area (Å²) in [5.41, 5.74) is 8.10. The quantitative estimate of drug-likeness (QED) is 0.634. The van der Waals surface area contributed by atoms with E-state index in [1.165, 1.54) is 0 Å². The summed E-state index contributed by atoms with van der Waals surface area (Å²) < 4.78 is 5.98. The molecule has 0 aliphatic carbocycles. The predicted octanol–water partition coefficient (Wildman–Crippen LogP) is 2.61. The van der Waals surface area contributed by atoms with Crippen LogP contribution in [0.25, 0.3) is 0 Å². The van der Waals surface area contributed by atoms with Crippen LogP contribution in [-0.2, 0) is 11.3 Å². The van der Waals surface area contributed by atoms with Crippen LogP contribution >= 0.6 is 0 Å². The summed E-state index contributed by atoms with van der Waals surface area (Å²) >= 11 is 0. The Kier molecular flexibility index (Phi) is 4.34. The van der Waals surface area contributed by atoms with Gasteiger partial charge in [0.2, 0.25) is 5.91 Å². The number of aromatic hydroxyl groups is 1. The molecule has 3 N–H and O–H groups in total. The van der Waals surface area contributed by atoms with Gasteiger partial charge >= 0.3 is 0 Å². The second kappa shape index (κ2) is 7.02. The average Bonchev–Trinajstić information content (AvgIpc) is 3.41. The number of hydrogen-bond acceptors (Lipinski definition) is 6. The van der Waals surface area contributed by atoms with Crippen molar-refractivity contribution in [2.75, 3.05) is 0 Å². The van der Waals surface area contributed by atoms with E-state index in [0.29, 0.717) is 6.54 Å². The smallest absolute Gasteiger partial charge is 0.242 e. The van der Waals surface area contributed by atoms with Gasteiger partial charge in [-0.2, -0.15) is 0 Å². The number of aromatic nitrogens is 1. The van der Waals surface area contributed by atoms with Crippen molar-refractivity contribution >= 4 is 5.91 Å². The lowest BCUT2D eigenvalue weighted by molar-refractivity contribution is -0.131. The first-order valence-corrected chi connectivity index (χ1v) is 9.68. The summed E-state index contributed by atoms with van der Waals surface area (Å²) in [6, 6.07) is 14.0.